The van der Waals surface area contributed by atoms with Crippen molar-refractivity contribution in [1.82, 2.24) is 14.5 Å². The van der Waals surface area contributed by atoms with E-state index in [4.69, 9.17) is 0 Å². The monoisotopic (exact) mass is 373 g/mol. The van der Waals surface area contributed by atoms with E-state index < -0.39 is 0 Å². The maximum Gasteiger partial charge on any atom is 0.253 e. The Balaban J connectivity index is 1.43. The van der Waals surface area contributed by atoms with Crippen LogP contribution in [0.2, 0.25) is 0 Å². The van der Waals surface area contributed by atoms with E-state index in [1.54, 1.807) is 0 Å². The Hall–Kier alpha value is -2.88. The average Bonchev–Trinajstić information content (AvgIpc) is 3.30. The zero-order valence-corrected chi connectivity index (χ0v) is 16.6. The zero-order valence-electron chi connectivity index (χ0n) is 16.6. The molecule has 0 spiro atoms. The highest BCUT2D eigenvalue weighted by Crippen LogP contribution is 2.23. The number of imidazole rings is 1. The Bertz CT molecular complexity index is 961. The number of amides is 1. The molecule has 0 N–H and O–H groups in total. The fourth-order valence-corrected chi connectivity index (χ4v) is 4.06. The molecule has 1 aromatic heterocycles. The molecule has 4 rings (SSSR count). The van der Waals surface area contributed by atoms with Crippen molar-refractivity contribution in [3.05, 3.63) is 89.0 Å². The highest BCUT2D eigenvalue weighted by atomic mass is 16.2. The van der Waals surface area contributed by atoms with Gasteiger partial charge in [0.05, 0.1) is 0 Å². The van der Waals surface area contributed by atoms with Gasteiger partial charge in [-0.2, -0.15) is 0 Å². The lowest BCUT2D eigenvalue weighted by Crippen LogP contribution is -2.29. The van der Waals surface area contributed by atoms with Crippen molar-refractivity contribution in [1.29, 1.82) is 0 Å². The average molecular weight is 374 g/mol. The predicted octanol–water partition coefficient (Wildman–Crippen LogP) is 4.25. The summed E-state index contributed by atoms with van der Waals surface area (Å²) in [5.41, 5.74) is 4.39. The second-order valence-electron chi connectivity index (χ2n) is 7.87. The first kappa shape index (κ1) is 18.5. The standard InChI is InChI=1S/C24H27N3O/c1-18-7-6-10-22(13-18)24(28)26-12-11-21(16-26)14-23-25-15-19(2)27(23)17-20-8-4-3-5-9-20/h3-10,13,15,21H,11-12,14,16-17H2,1-2H3. The van der Waals surface area contributed by atoms with Crippen molar-refractivity contribution < 1.29 is 4.79 Å². The molecule has 1 fully saturated rings. The molecule has 0 aliphatic carbocycles. The van der Waals surface area contributed by atoms with Crippen LogP contribution in [0.3, 0.4) is 0 Å². The van der Waals surface area contributed by atoms with E-state index in [2.05, 4.69) is 40.7 Å². The van der Waals surface area contributed by atoms with Crippen molar-refractivity contribution in [2.24, 2.45) is 5.92 Å². The van der Waals surface area contributed by atoms with Gasteiger partial charge in [-0.15, -0.1) is 0 Å². The van der Waals surface area contributed by atoms with Crippen molar-refractivity contribution in [3.8, 4) is 0 Å². The molecule has 4 nitrogen and oxygen atoms in total. The number of likely N-dealkylation sites (tertiary alicyclic amines) is 1. The second-order valence-corrected chi connectivity index (χ2v) is 7.87. The fraction of sp³-hybridized carbons (Fsp3) is 0.333. The van der Waals surface area contributed by atoms with Gasteiger partial charge in [0.25, 0.3) is 5.91 Å². The van der Waals surface area contributed by atoms with Gasteiger partial charge in [-0.1, -0.05) is 48.0 Å². The molecule has 28 heavy (non-hydrogen) atoms. The van der Waals surface area contributed by atoms with E-state index in [0.717, 1.165) is 49.4 Å². The fourth-order valence-electron chi connectivity index (χ4n) is 4.06. The third kappa shape index (κ3) is 4.01. The summed E-state index contributed by atoms with van der Waals surface area (Å²) >= 11 is 0. The predicted molar refractivity (Wildman–Crippen MR) is 111 cm³/mol. The van der Waals surface area contributed by atoms with E-state index in [1.165, 1.54) is 11.3 Å². The summed E-state index contributed by atoms with van der Waals surface area (Å²) in [4.78, 5) is 19.5. The first-order valence-electron chi connectivity index (χ1n) is 10.0. The third-order valence-corrected chi connectivity index (χ3v) is 5.63. The molecular weight excluding hydrogens is 346 g/mol. The number of nitrogens with zero attached hydrogens (tertiary/aromatic N) is 3. The Morgan fingerprint density at radius 2 is 1.93 bits per heavy atom. The number of aromatic nitrogens is 2. The van der Waals surface area contributed by atoms with Gasteiger partial charge < -0.3 is 9.47 Å². The van der Waals surface area contributed by atoms with Gasteiger partial charge in [0.2, 0.25) is 0 Å². The number of hydrogen-bond donors (Lipinski definition) is 0. The number of benzene rings is 2. The number of rotatable bonds is 5. The van der Waals surface area contributed by atoms with Crippen LogP contribution in [0.5, 0.6) is 0 Å². The summed E-state index contributed by atoms with van der Waals surface area (Å²) in [5.74, 6) is 1.73. The van der Waals surface area contributed by atoms with Gasteiger partial charge in [0, 0.05) is 43.5 Å². The third-order valence-electron chi connectivity index (χ3n) is 5.63. The van der Waals surface area contributed by atoms with E-state index in [1.807, 2.05) is 48.4 Å². The molecular formula is C24H27N3O. The van der Waals surface area contributed by atoms with Crippen molar-refractivity contribution in [3.63, 3.8) is 0 Å². The van der Waals surface area contributed by atoms with Gasteiger partial charge in [-0.3, -0.25) is 4.79 Å². The Morgan fingerprint density at radius 1 is 1.11 bits per heavy atom. The molecule has 2 aromatic carbocycles. The topological polar surface area (TPSA) is 38.1 Å². The molecule has 3 aromatic rings. The van der Waals surface area contributed by atoms with E-state index in [0.29, 0.717) is 5.92 Å². The first-order valence-corrected chi connectivity index (χ1v) is 10.0. The van der Waals surface area contributed by atoms with Gasteiger partial charge in [0.15, 0.2) is 0 Å². The van der Waals surface area contributed by atoms with E-state index in [9.17, 15) is 4.79 Å². The van der Waals surface area contributed by atoms with Gasteiger partial charge in [0.1, 0.15) is 5.82 Å². The van der Waals surface area contributed by atoms with Crippen LogP contribution in [-0.2, 0) is 13.0 Å². The Labute approximate surface area is 166 Å². The SMILES string of the molecule is Cc1cccc(C(=O)N2CCC(Cc3ncc(C)n3Cc3ccccc3)C2)c1. The highest BCUT2D eigenvalue weighted by molar-refractivity contribution is 5.94. The van der Waals surface area contributed by atoms with Gasteiger partial charge in [-0.25, -0.2) is 4.98 Å². The van der Waals surface area contributed by atoms with Crippen LogP contribution in [0.25, 0.3) is 0 Å². The van der Waals surface area contributed by atoms with Crippen LogP contribution in [0.15, 0.2) is 60.8 Å². The Morgan fingerprint density at radius 3 is 2.71 bits per heavy atom. The van der Waals surface area contributed by atoms with Crippen molar-refractivity contribution >= 4 is 5.91 Å². The minimum Gasteiger partial charge on any atom is -0.338 e. The largest absolute Gasteiger partial charge is 0.338 e. The molecule has 0 saturated carbocycles. The molecule has 1 aliphatic rings. The summed E-state index contributed by atoms with van der Waals surface area (Å²) in [6.07, 6.45) is 3.91. The first-order chi connectivity index (χ1) is 13.6. The van der Waals surface area contributed by atoms with Crippen molar-refractivity contribution in [2.45, 2.75) is 33.2 Å². The molecule has 1 aliphatic heterocycles. The molecule has 144 valence electrons. The molecule has 1 amide bonds. The number of aryl methyl sites for hydroxylation is 2. The zero-order chi connectivity index (χ0) is 19.5. The maximum atomic E-state index is 12.8. The van der Waals surface area contributed by atoms with Crippen LogP contribution in [-0.4, -0.2) is 33.4 Å². The molecule has 1 atom stereocenters. The summed E-state index contributed by atoms with van der Waals surface area (Å²) in [6.45, 7) is 6.63. The number of hydrogen-bond acceptors (Lipinski definition) is 2. The van der Waals surface area contributed by atoms with E-state index in [-0.39, 0.29) is 5.91 Å². The Kier molecular flexibility index (Phi) is 5.29. The second kappa shape index (κ2) is 8.01. The summed E-state index contributed by atoms with van der Waals surface area (Å²) in [6, 6.07) is 18.4. The smallest absolute Gasteiger partial charge is 0.253 e. The molecule has 1 saturated heterocycles. The molecule has 4 heteroatoms. The van der Waals surface area contributed by atoms with Gasteiger partial charge in [-0.05, 0) is 43.9 Å². The minimum absolute atomic E-state index is 0.148. The normalized spacial score (nSPS) is 16.5. The van der Waals surface area contributed by atoms with Crippen molar-refractivity contribution in [2.75, 3.05) is 13.1 Å². The maximum absolute atomic E-state index is 12.8. The molecule has 1 unspecified atom stereocenters. The summed E-state index contributed by atoms with van der Waals surface area (Å²) in [7, 11) is 0. The lowest BCUT2D eigenvalue weighted by Gasteiger charge is -2.17. The lowest BCUT2D eigenvalue weighted by atomic mass is 10.0. The van der Waals surface area contributed by atoms with Crippen LogP contribution in [0.4, 0.5) is 0 Å². The number of carbonyl (C=O) groups is 1. The van der Waals surface area contributed by atoms with Crippen LogP contribution in [0, 0.1) is 19.8 Å². The summed E-state index contributed by atoms with van der Waals surface area (Å²) < 4.78 is 2.31. The van der Waals surface area contributed by atoms with E-state index >= 15 is 0 Å². The van der Waals surface area contributed by atoms with Crippen LogP contribution >= 0.6 is 0 Å². The number of carbonyl (C=O) groups excluding carboxylic acids is 1. The van der Waals surface area contributed by atoms with Crippen LogP contribution < -0.4 is 0 Å². The van der Waals surface area contributed by atoms with Crippen LogP contribution in [0.1, 0.15) is 39.4 Å². The lowest BCUT2D eigenvalue weighted by molar-refractivity contribution is 0.0787. The quantitative estimate of drug-likeness (QED) is 0.670. The molecule has 0 radical (unpaired) electrons. The molecule has 0 bridgehead atoms. The summed E-state index contributed by atoms with van der Waals surface area (Å²) in [5, 5.41) is 0. The minimum atomic E-state index is 0.148. The highest BCUT2D eigenvalue weighted by Gasteiger charge is 2.28. The molecule has 2 heterocycles. The van der Waals surface area contributed by atoms with Gasteiger partial charge >= 0.3 is 0 Å².